The number of H-pyrrole nitrogens is 1. The molecule has 1 fully saturated rings. The zero-order valence-electron chi connectivity index (χ0n) is 15.4. The average molecular weight is 373 g/mol. The van der Waals surface area contributed by atoms with Crippen molar-refractivity contribution in [3.05, 3.63) is 23.4 Å². The van der Waals surface area contributed by atoms with Crippen LogP contribution in [0.25, 0.3) is 21.6 Å². The molecule has 8 heteroatoms. The predicted octanol–water partition coefficient (Wildman–Crippen LogP) is 2.84. The van der Waals surface area contributed by atoms with Crippen molar-refractivity contribution in [2.24, 2.45) is 0 Å². The number of nitrogens with one attached hydrogen (secondary N) is 1. The van der Waals surface area contributed by atoms with Crippen LogP contribution in [0, 0.1) is 6.92 Å². The fourth-order valence-corrected chi connectivity index (χ4v) is 4.28. The number of morpholine rings is 1. The van der Waals surface area contributed by atoms with Gasteiger partial charge in [-0.25, -0.2) is 4.98 Å². The Bertz CT molecular complexity index is 943. The van der Waals surface area contributed by atoms with Crippen LogP contribution in [0.4, 0.5) is 5.82 Å². The monoisotopic (exact) mass is 373 g/mol. The zero-order valence-corrected chi connectivity index (χ0v) is 16.2. The standard InChI is InChI=1S/C18H23N5O2S/c1-10-7-13(21-20-10)15-16-17(26-22-15)12(18(3,4)24)8-14(19-16)23-5-6-25-9-11(23)2/h7-8,11,24H,5-6,9H2,1-4H3,(H,20,21)/t11-/m1/s1. The summed E-state index contributed by atoms with van der Waals surface area (Å²) in [5.74, 6) is 0.846. The van der Waals surface area contributed by atoms with E-state index in [1.54, 1.807) is 13.8 Å². The number of fused-ring (bicyclic) bond motifs is 1. The van der Waals surface area contributed by atoms with E-state index < -0.39 is 5.60 Å². The number of aliphatic hydroxyl groups is 1. The van der Waals surface area contributed by atoms with Crippen LogP contribution < -0.4 is 4.90 Å². The summed E-state index contributed by atoms with van der Waals surface area (Å²) in [5, 5.41) is 18.0. The van der Waals surface area contributed by atoms with Crippen LogP contribution >= 0.6 is 11.5 Å². The Hall–Kier alpha value is -2.03. The maximum absolute atomic E-state index is 10.7. The van der Waals surface area contributed by atoms with Gasteiger partial charge in [0.2, 0.25) is 0 Å². The summed E-state index contributed by atoms with van der Waals surface area (Å²) < 4.78 is 11.1. The molecule has 0 spiro atoms. The highest BCUT2D eigenvalue weighted by molar-refractivity contribution is 7.13. The van der Waals surface area contributed by atoms with Gasteiger partial charge in [0.05, 0.1) is 29.6 Å². The molecule has 4 heterocycles. The highest BCUT2D eigenvalue weighted by Crippen LogP contribution is 2.38. The van der Waals surface area contributed by atoms with Gasteiger partial charge in [-0.05, 0) is 51.4 Å². The molecule has 0 bridgehead atoms. The minimum Gasteiger partial charge on any atom is -0.386 e. The summed E-state index contributed by atoms with van der Waals surface area (Å²) in [6, 6.07) is 4.18. The number of rotatable bonds is 3. The number of hydrogen-bond donors (Lipinski definition) is 2. The number of anilines is 1. The molecule has 0 unspecified atom stereocenters. The second-order valence-corrected chi connectivity index (χ2v) is 8.12. The minimum absolute atomic E-state index is 0.228. The van der Waals surface area contributed by atoms with Crippen molar-refractivity contribution in [2.45, 2.75) is 39.3 Å². The summed E-state index contributed by atoms with van der Waals surface area (Å²) in [7, 11) is 0. The molecule has 26 heavy (non-hydrogen) atoms. The van der Waals surface area contributed by atoms with Crippen LogP contribution in [0.5, 0.6) is 0 Å². The molecule has 7 nitrogen and oxygen atoms in total. The van der Waals surface area contributed by atoms with Gasteiger partial charge in [0.25, 0.3) is 0 Å². The van der Waals surface area contributed by atoms with Gasteiger partial charge in [0, 0.05) is 17.8 Å². The molecule has 3 aromatic heterocycles. The molecule has 1 aliphatic rings. The summed E-state index contributed by atoms with van der Waals surface area (Å²) >= 11 is 1.36. The zero-order chi connectivity index (χ0) is 18.5. The number of pyridine rings is 1. The van der Waals surface area contributed by atoms with Gasteiger partial charge in [-0.2, -0.15) is 9.47 Å². The van der Waals surface area contributed by atoms with E-state index in [4.69, 9.17) is 9.72 Å². The van der Waals surface area contributed by atoms with Crippen LogP contribution in [0.1, 0.15) is 32.0 Å². The van der Waals surface area contributed by atoms with Crippen LogP contribution in [-0.4, -0.2) is 50.5 Å². The number of aromatic amines is 1. The lowest BCUT2D eigenvalue weighted by molar-refractivity contribution is 0.0801. The Balaban J connectivity index is 1.93. The Morgan fingerprint density at radius 2 is 2.19 bits per heavy atom. The first kappa shape index (κ1) is 17.4. The van der Waals surface area contributed by atoms with E-state index in [2.05, 4.69) is 26.4 Å². The fraction of sp³-hybridized carbons (Fsp3) is 0.500. The van der Waals surface area contributed by atoms with E-state index in [1.165, 1.54) is 11.5 Å². The topological polar surface area (TPSA) is 87.2 Å². The van der Waals surface area contributed by atoms with Gasteiger partial charge in [-0.3, -0.25) is 5.10 Å². The third-order valence-corrected chi connectivity index (χ3v) is 5.55. The van der Waals surface area contributed by atoms with Crippen LogP contribution in [0.2, 0.25) is 0 Å². The molecule has 3 aromatic rings. The minimum atomic E-state index is -0.989. The molecular weight excluding hydrogens is 350 g/mol. The number of aromatic nitrogens is 4. The smallest absolute Gasteiger partial charge is 0.131 e. The predicted molar refractivity (Wildman–Crippen MR) is 103 cm³/mol. The van der Waals surface area contributed by atoms with Gasteiger partial charge in [0.15, 0.2) is 0 Å². The Morgan fingerprint density at radius 3 is 2.85 bits per heavy atom. The lowest BCUT2D eigenvalue weighted by Gasteiger charge is -2.35. The highest BCUT2D eigenvalue weighted by Gasteiger charge is 2.28. The summed E-state index contributed by atoms with van der Waals surface area (Å²) in [4.78, 5) is 7.15. The molecule has 0 aromatic carbocycles. The van der Waals surface area contributed by atoms with Gasteiger partial charge < -0.3 is 14.7 Å². The summed E-state index contributed by atoms with van der Waals surface area (Å²) in [5.41, 5.74) is 3.14. The van der Waals surface area contributed by atoms with E-state index in [-0.39, 0.29) is 6.04 Å². The number of ether oxygens (including phenoxy) is 1. The quantitative estimate of drug-likeness (QED) is 0.734. The first-order chi connectivity index (χ1) is 12.3. The maximum Gasteiger partial charge on any atom is 0.131 e. The van der Waals surface area contributed by atoms with E-state index in [9.17, 15) is 5.11 Å². The second-order valence-electron chi connectivity index (χ2n) is 7.35. The number of aryl methyl sites for hydroxylation is 1. The van der Waals surface area contributed by atoms with Crippen LogP contribution in [-0.2, 0) is 10.3 Å². The third kappa shape index (κ3) is 2.98. The van der Waals surface area contributed by atoms with Crippen molar-refractivity contribution in [1.82, 2.24) is 19.6 Å². The van der Waals surface area contributed by atoms with Crippen molar-refractivity contribution < 1.29 is 9.84 Å². The van der Waals surface area contributed by atoms with Crippen molar-refractivity contribution in [2.75, 3.05) is 24.7 Å². The van der Waals surface area contributed by atoms with Gasteiger partial charge in [0.1, 0.15) is 22.7 Å². The molecule has 2 N–H and O–H groups in total. The lowest BCUT2D eigenvalue weighted by atomic mass is 9.98. The number of nitrogens with zero attached hydrogens (tertiary/aromatic N) is 4. The molecular formula is C18H23N5O2S. The van der Waals surface area contributed by atoms with Crippen molar-refractivity contribution in [3.63, 3.8) is 0 Å². The Labute approximate surface area is 156 Å². The molecule has 0 aliphatic carbocycles. The first-order valence-corrected chi connectivity index (χ1v) is 9.52. The van der Waals surface area contributed by atoms with Crippen LogP contribution in [0.15, 0.2) is 12.1 Å². The normalized spacial score (nSPS) is 18.7. The van der Waals surface area contributed by atoms with E-state index in [1.807, 2.05) is 19.1 Å². The molecule has 1 atom stereocenters. The number of hydrogen-bond acceptors (Lipinski definition) is 7. The van der Waals surface area contributed by atoms with E-state index in [0.29, 0.717) is 13.2 Å². The van der Waals surface area contributed by atoms with E-state index >= 15 is 0 Å². The second kappa shape index (κ2) is 6.29. The molecule has 0 radical (unpaired) electrons. The molecule has 138 valence electrons. The SMILES string of the molecule is Cc1cc(-c2nsc3c(C(C)(C)O)cc(N4CCOC[C@H]4C)nc23)n[nH]1. The largest absolute Gasteiger partial charge is 0.386 e. The Morgan fingerprint density at radius 1 is 1.38 bits per heavy atom. The molecule has 1 saturated heterocycles. The van der Waals surface area contributed by atoms with Gasteiger partial charge in [-0.1, -0.05) is 0 Å². The summed E-state index contributed by atoms with van der Waals surface area (Å²) in [6.45, 7) is 9.80. The average Bonchev–Trinajstić information content (AvgIpc) is 3.19. The molecule has 1 aliphatic heterocycles. The molecule has 0 saturated carbocycles. The van der Waals surface area contributed by atoms with Crippen LogP contribution in [0.3, 0.4) is 0 Å². The van der Waals surface area contributed by atoms with Crippen molar-refractivity contribution in [1.29, 1.82) is 0 Å². The van der Waals surface area contributed by atoms with Crippen molar-refractivity contribution in [3.8, 4) is 11.4 Å². The highest BCUT2D eigenvalue weighted by atomic mass is 32.1. The molecule has 0 amide bonds. The van der Waals surface area contributed by atoms with Crippen molar-refractivity contribution >= 4 is 27.6 Å². The summed E-state index contributed by atoms with van der Waals surface area (Å²) in [6.07, 6.45) is 0. The van der Waals surface area contributed by atoms with Gasteiger partial charge >= 0.3 is 0 Å². The maximum atomic E-state index is 10.7. The fourth-order valence-electron chi connectivity index (χ4n) is 3.28. The van der Waals surface area contributed by atoms with Gasteiger partial charge in [-0.15, -0.1) is 0 Å². The third-order valence-electron chi connectivity index (χ3n) is 4.68. The van der Waals surface area contributed by atoms with E-state index in [0.717, 1.165) is 45.2 Å². The Kier molecular flexibility index (Phi) is 4.21. The first-order valence-electron chi connectivity index (χ1n) is 8.74. The molecule has 4 rings (SSSR count). The lowest BCUT2D eigenvalue weighted by Crippen LogP contribution is -2.44.